The molecule has 0 bridgehead atoms. The van der Waals surface area contributed by atoms with Crippen LogP contribution in [0.15, 0.2) is 30.3 Å². The fraction of sp³-hybridized carbons (Fsp3) is 0.500. The molecule has 1 heterocycles. The van der Waals surface area contributed by atoms with Crippen LogP contribution in [0.2, 0.25) is 0 Å². The second-order valence-corrected chi connectivity index (χ2v) is 6.78. The molecule has 0 saturated carbocycles. The standard InChI is InChI=1S/C14H20N2O4S/c1-12(14(17)16-7-9-20-10-8-16)15-21(18,19)11-13-5-3-2-4-6-13/h2-6,12,15H,7-11H2,1H3. The van der Waals surface area contributed by atoms with Gasteiger partial charge in [-0.05, 0) is 12.5 Å². The Labute approximate surface area is 125 Å². The molecule has 116 valence electrons. The van der Waals surface area contributed by atoms with Crippen molar-refractivity contribution in [1.29, 1.82) is 0 Å². The summed E-state index contributed by atoms with van der Waals surface area (Å²) in [5.74, 6) is -0.343. The number of amides is 1. The summed E-state index contributed by atoms with van der Waals surface area (Å²) in [5.41, 5.74) is 0.691. The molecule has 0 radical (unpaired) electrons. The SMILES string of the molecule is CC(NS(=O)(=O)Cc1ccccc1)C(=O)N1CCOCC1. The number of rotatable bonds is 5. The van der Waals surface area contributed by atoms with Gasteiger partial charge in [0, 0.05) is 13.1 Å². The third-order valence-corrected chi connectivity index (χ3v) is 4.68. The summed E-state index contributed by atoms with van der Waals surface area (Å²) >= 11 is 0. The van der Waals surface area contributed by atoms with E-state index in [0.29, 0.717) is 31.9 Å². The van der Waals surface area contributed by atoms with Gasteiger partial charge in [0.05, 0.1) is 25.0 Å². The Balaban J connectivity index is 1.94. The monoisotopic (exact) mass is 312 g/mol. The van der Waals surface area contributed by atoms with E-state index in [9.17, 15) is 13.2 Å². The molecule has 1 fully saturated rings. The van der Waals surface area contributed by atoms with E-state index in [1.165, 1.54) is 0 Å². The van der Waals surface area contributed by atoms with Gasteiger partial charge >= 0.3 is 0 Å². The normalized spacial score (nSPS) is 17.5. The maximum absolute atomic E-state index is 12.2. The van der Waals surface area contributed by atoms with Crippen molar-refractivity contribution < 1.29 is 17.9 Å². The number of nitrogens with zero attached hydrogens (tertiary/aromatic N) is 1. The molecule has 1 saturated heterocycles. The lowest BCUT2D eigenvalue weighted by molar-refractivity contribution is -0.136. The molecule has 0 spiro atoms. The van der Waals surface area contributed by atoms with E-state index in [-0.39, 0.29) is 11.7 Å². The van der Waals surface area contributed by atoms with Crippen LogP contribution in [0.1, 0.15) is 12.5 Å². The smallest absolute Gasteiger partial charge is 0.240 e. The molecule has 6 nitrogen and oxygen atoms in total. The quantitative estimate of drug-likeness (QED) is 0.851. The summed E-state index contributed by atoms with van der Waals surface area (Å²) in [5, 5.41) is 0. The summed E-state index contributed by atoms with van der Waals surface area (Å²) in [4.78, 5) is 13.8. The molecule has 1 unspecified atom stereocenters. The van der Waals surface area contributed by atoms with Gasteiger partial charge in [-0.2, -0.15) is 0 Å². The predicted molar refractivity (Wildman–Crippen MR) is 79.1 cm³/mol. The van der Waals surface area contributed by atoms with Crippen molar-refractivity contribution in [3.8, 4) is 0 Å². The van der Waals surface area contributed by atoms with Crippen LogP contribution in [0.3, 0.4) is 0 Å². The molecule has 21 heavy (non-hydrogen) atoms. The average Bonchev–Trinajstić information content (AvgIpc) is 2.47. The second kappa shape index (κ2) is 7.02. The van der Waals surface area contributed by atoms with Gasteiger partial charge in [0.25, 0.3) is 0 Å². The Bertz CT molecular complexity index is 568. The molecule has 1 N–H and O–H groups in total. The summed E-state index contributed by atoms with van der Waals surface area (Å²) in [6.07, 6.45) is 0. The predicted octanol–water partition coefficient (Wildman–Crippen LogP) is 0.353. The first-order chi connectivity index (χ1) is 9.98. The van der Waals surface area contributed by atoms with Crippen LogP contribution >= 0.6 is 0 Å². The lowest BCUT2D eigenvalue weighted by Crippen LogP contribution is -2.50. The van der Waals surface area contributed by atoms with Crippen LogP contribution in [-0.2, 0) is 25.3 Å². The molecule has 1 amide bonds. The molecule has 1 aliphatic rings. The van der Waals surface area contributed by atoms with Crippen LogP contribution in [0.4, 0.5) is 0 Å². The van der Waals surface area contributed by atoms with Gasteiger partial charge in [0.1, 0.15) is 0 Å². The first-order valence-electron chi connectivity index (χ1n) is 6.88. The summed E-state index contributed by atoms with van der Waals surface area (Å²) in [6, 6.07) is 8.12. The number of sulfonamides is 1. The van der Waals surface area contributed by atoms with E-state index in [0.717, 1.165) is 0 Å². The molecule has 0 aliphatic carbocycles. The van der Waals surface area contributed by atoms with Gasteiger partial charge in [0.2, 0.25) is 15.9 Å². The third kappa shape index (κ3) is 4.80. The number of benzene rings is 1. The number of morpholine rings is 1. The van der Waals surface area contributed by atoms with Crippen molar-refractivity contribution in [2.75, 3.05) is 26.3 Å². The number of hydrogen-bond donors (Lipinski definition) is 1. The van der Waals surface area contributed by atoms with Crippen LogP contribution in [-0.4, -0.2) is 51.6 Å². The first-order valence-corrected chi connectivity index (χ1v) is 8.53. The van der Waals surface area contributed by atoms with Crippen molar-refractivity contribution in [3.63, 3.8) is 0 Å². The maximum atomic E-state index is 12.2. The highest BCUT2D eigenvalue weighted by Gasteiger charge is 2.26. The zero-order valence-corrected chi connectivity index (χ0v) is 12.8. The molecular weight excluding hydrogens is 292 g/mol. The van der Waals surface area contributed by atoms with Crippen molar-refractivity contribution >= 4 is 15.9 Å². The number of ether oxygens (including phenoxy) is 1. The van der Waals surface area contributed by atoms with E-state index in [2.05, 4.69) is 4.72 Å². The summed E-state index contributed by atoms with van der Waals surface area (Å²) < 4.78 is 31.8. The lowest BCUT2D eigenvalue weighted by atomic mass is 10.2. The minimum Gasteiger partial charge on any atom is -0.378 e. The van der Waals surface area contributed by atoms with Crippen molar-refractivity contribution in [2.24, 2.45) is 0 Å². The van der Waals surface area contributed by atoms with Gasteiger partial charge in [-0.25, -0.2) is 13.1 Å². The fourth-order valence-corrected chi connectivity index (χ4v) is 3.57. The molecule has 1 aromatic carbocycles. The Morgan fingerprint density at radius 1 is 1.29 bits per heavy atom. The minimum absolute atomic E-state index is 0.130. The summed E-state index contributed by atoms with van der Waals surface area (Å²) in [6.45, 7) is 3.57. The highest BCUT2D eigenvalue weighted by molar-refractivity contribution is 7.88. The van der Waals surface area contributed by atoms with Crippen LogP contribution in [0, 0.1) is 0 Å². The molecule has 1 aromatic rings. The van der Waals surface area contributed by atoms with E-state index in [1.807, 2.05) is 6.07 Å². The van der Waals surface area contributed by atoms with Crippen molar-refractivity contribution in [2.45, 2.75) is 18.7 Å². The Hall–Kier alpha value is -1.44. The topological polar surface area (TPSA) is 75.7 Å². The molecule has 0 aromatic heterocycles. The first kappa shape index (κ1) is 15.9. The van der Waals surface area contributed by atoms with E-state index in [4.69, 9.17) is 4.74 Å². The van der Waals surface area contributed by atoms with Crippen LogP contribution in [0.5, 0.6) is 0 Å². The van der Waals surface area contributed by atoms with Gasteiger partial charge < -0.3 is 9.64 Å². The molecule has 1 aliphatic heterocycles. The van der Waals surface area contributed by atoms with Gasteiger partial charge in [-0.3, -0.25) is 4.79 Å². The lowest BCUT2D eigenvalue weighted by Gasteiger charge is -2.29. The Morgan fingerprint density at radius 3 is 2.52 bits per heavy atom. The third-order valence-electron chi connectivity index (χ3n) is 3.25. The Morgan fingerprint density at radius 2 is 1.90 bits per heavy atom. The zero-order valence-electron chi connectivity index (χ0n) is 12.0. The fourth-order valence-electron chi connectivity index (χ4n) is 2.21. The number of carbonyl (C=O) groups excluding carboxylic acids is 1. The highest BCUT2D eigenvalue weighted by Crippen LogP contribution is 2.06. The van der Waals surface area contributed by atoms with Crippen molar-refractivity contribution in [1.82, 2.24) is 9.62 Å². The largest absolute Gasteiger partial charge is 0.378 e. The highest BCUT2D eigenvalue weighted by atomic mass is 32.2. The second-order valence-electron chi connectivity index (χ2n) is 5.02. The van der Waals surface area contributed by atoms with Gasteiger partial charge in [-0.1, -0.05) is 30.3 Å². The molecule has 2 rings (SSSR count). The Kier molecular flexibility index (Phi) is 5.33. The van der Waals surface area contributed by atoms with E-state index < -0.39 is 16.1 Å². The van der Waals surface area contributed by atoms with Crippen LogP contribution < -0.4 is 4.72 Å². The maximum Gasteiger partial charge on any atom is 0.240 e. The average molecular weight is 312 g/mol. The number of hydrogen-bond acceptors (Lipinski definition) is 4. The zero-order chi connectivity index (χ0) is 15.3. The van der Waals surface area contributed by atoms with Crippen molar-refractivity contribution in [3.05, 3.63) is 35.9 Å². The van der Waals surface area contributed by atoms with Crippen LogP contribution in [0.25, 0.3) is 0 Å². The molecular formula is C14H20N2O4S. The van der Waals surface area contributed by atoms with E-state index in [1.54, 1.807) is 36.1 Å². The number of carbonyl (C=O) groups is 1. The van der Waals surface area contributed by atoms with Gasteiger partial charge in [0.15, 0.2) is 0 Å². The number of nitrogens with one attached hydrogen (secondary N) is 1. The molecule has 7 heteroatoms. The van der Waals surface area contributed by atoms with E-state index >= 15 is 0 Å². The molecule has 1 atom stereocenters. The summed E-state index contributed by atoms with van der Waals surface area (Å²) in [7, 11) is -3.55. The van der Waals surface area contributed by atoms with Gasteiger partial charge in [-0.15, -0.1) is 0 Å². The minimum atomic E-state index is -3.55.